The van der Waals surface area contributed by atoms with Gasteiger partial charge >= 0.3 is 0 Å². The predicted octanol–water partition coefficient (Wildman–Crippen LogP) is 4.74. The Morgan fingerprint density at radius 3 is 2.60 bits per heavy atom. The van der Waals surface area contributed by atoms with Crippen LogP contribution in [-0.2, 0) is 11.2 Å². The molecule has 1 aliphatic heterocycles. The lowest BCUT2D eigenvalue weighted by molar-refractivity contribution is -0.116. The standard InChI is InChI=1S/C23H23N3O4/c27-20(11-12-21-25-26-22(28-21)16-7-3-1-4-8-16)24-17-9-10-18-19(15-17)30-23(29-18)13-5-2-6-14-23/h1,3-4,7-10,15H,2,5-6,11-14H2,(H,24,27). The Labute approximate surface area is 174 Å². The fraction of sp³-hybridized carbons (Fsp3) is 0.348. The summed E-state index contributed by atoms with van der Waals surface area (Å²) in [7, 11) is 0. The van der Waals surface area contributed by atoms with E-state index in [9.17, 15) is 4.79 Å². The molecule has 30 heavy (non-hydrogen) atoms. The molecule has 1 N–H and O–H groups in total. The Balaban J connectivity index is 1.17. The fourth-order valence-corrected chi connectivity index (χ4v) is 3.96. The van der Waals surface area contributed by atoms with E-state index in [0.29, 0.717) is 29.6 Å². The van der Waals surface area contributed by atoms with Crippen molar-refractivity contribution in [3.8, 4) is 23.0 Å². The highest BCUT2D eigenvalue weighted by Crippen LogP contribution is 2.46. The lowest BCUT2D eigenvalue weighted by Crippen LogP contribution is -2.40. The van der Waals surface area contributed by atoms with Crippen LogP contribution in [0.5, 0.6) is 11.5 Å². The van der Waals surface area contributed by atoms with Gasteiger partial charge in [0.05, 0.1) is 0 Å². The van der Waals surface area contributed by atoms with Crippen LogP contribution >= 0.6 is 0 Å². The highest BCUT2D eigenvalue weighted by Gasteiger charge is 2.42. The Bertz CT molecular complexity index is 1040. The van der Waals surface area contributed by atoms with E-state index in [4.69, 9.17) is 13.9 Å². The number of aromatic nitrogens is 2. The third kappa shape index (κ3) is 3.87. The van der Waals surface area contributed by atoms with Gasteiger partial charge in [0.15, 0.2) is 11.5 Å². The summed E-state index contributed by atoms with van der Waals surface area (Å²) in [6.07, 6.45) is 5.86. The van der Waals surface area contributed by atoms with Crippen LogP contribution in [0.15, 0.2) is 52.9 Å². The monoisotopic (exact) mass is 405 g/mol. The maximum absolute atomic E-state index is 12.4. The van der Waals surface area contributed by atoms with Gasteiger partial charge in [-0.15, -0.1) is 10.2 Å². The molecule has 2 aromatic carbocycles. The molecule has 5 rings (SSSR count). The number of carbonyl (C=O) groups is 1. The van der Waals surface area contributed by atoms with Gasteiger partial charge in [0.1, 0.15) is 0 Å². The molecule has 0 saturated heterocycles. The molecule has 1 amide bonds. The molecule has 154 valence electrons. The number of anilines is 1. The van der Waals surface area contributed by atoms with Crippen molar-refractivity contribution in [1.29, 1.82) is 0 Å². The van der Waals surface area contributed by atoms with Gasteiger partial charge in [0, 0.05) is 43.0 Å². The molecule has 1 aromatic heterocycles. The van der Waals surface area contributed by atoms with Crippen LogP contribution in [0, 0.1) is 0 Å². The summed E-state index contributed by atoms with van der Waals surface area (Å²) in [6, 6.07) is 15.1. The van der Waals surface area contributed by atoms with Gasteiger partial charge in [-0.2, -0.15) is 0 Å². The van der Waals surface area contributed by atoms with Gasteiger partial charge in [0.2, 0.25) is 17.7 Å². The second-order valence-corrected chi connectivity index (χ2v) is 7.75. The molecule has 1 fully saturated rings. The molecule has 0 radical (unpaired) electrons. The molecule has 1 saturated carbocycles. The minimum atomic E-state index is -0.516. The topological polar surface area (TPSA) is 86.5 Å². The average Bonchev–Trinajstić information content (AvgIpc) is 3.38. The van der Waals surface area contributed by atoms with Crippen LogP contribution < -0.4 is 14.8 Å². The number of aryl methyl sites for hydroxylation is 1. The van der Waals surface area contributed by atoms with Crippen LogP contribution in [0.4, 0.5) is 5.69 Å². The van der Waals surface area contributed by atoms with Crippen LogP contribution in [0.25, 0.3) is 11.5 Å². The first-order chi connectivity index (χ1) is 14.7. The molecule has 0 atom stereocenters. The first kappa shape index (κ1) is 18.7. The largest absolute Gasteiger partial charge is 0.448 e. The summed E-state index contributed by atoms with van der Waals surface area (Å²) >= 11 is 0. The van der Waals surface area contributed by atoms with E-state index >= 15 is 0 Å². The predicted molar refractivity (Wildman–Crippen MR) is 110 cm³/mol. The lowest BCUT2D eigenvalue weighted by atomic mass is 9.94. The minimum absolute atomic E-state index is 0.124. The highest BCUT2D eigenvalue weighted by molar-refractivity contribution is 5.91. The molecule has 7 heteroatoms. The summed E-state index contributed by atoms with van der Waals surface area (Å²) in [4.78, 5) is 12.4. The molecule has 2 heterocycles. The van der Waals surface area contributed by atoms with Gasteiger partial charge in [0.25, 0.3) is 5.79 Å². The van der Waals surface area contributed by atoms with E-state index in [2.05, 4.69) is 15.5 Å². The SMILES string of the molecule is O=C(CCc1nnc(-c2ccccc2)o1)Nc1ccc2c(c1)OC1(CCCCC1)O2. The summed E-state index contributed by atoms with van der Waals surface area (Å²) in [5.74, 6) is 1.69. The molecular formula is C23H23N3O4. The first-order valence-electron chi connectivity index (χ1n) is 10.4. The van der Waals surface area contributed by atoms with E-state index < -0.39 is 5.79 Å². The van der Waals surface area contributed by atoms with Crippen molar-refractivity contribution in [2.24, 2.45) is 0 Å². The van der Waals surface area contributed by atoms with Gasteiger partial charge in [-0.25, -0.2) is 0 Å². The number of fused-ring (bicyclic) bond motifs is 1. The Morgan fingerprint density at radius 1 is 0.967 bits per heavy atom. The van der Waals surface area contributed by atoms with Crippen LogP contribution in [-0.4, -0.2) is 21.9 Å². The summed E-state index contributed by atoms with van der Waals surface area (Å²) < 4.78 is 17.9. The third-order valence-electron chi connectivity index (χ3n) is 5.49. The zero-order chi connectivity index (χ0) is 20.4. The van der Waals surface area contributed by atoms with Crippen molar-refractivity contribution in [1.82, 2.24) is 10.2 Å². The normalized spacial score (nSPS) is 16.5. The Kier molecular flexibility index (Phi) is 4.86. The molecule has 0 unspecified atom stereocenters. The molecule has 1 aliphatic carbocycles. The lowest BCUT2D eigenvalue weighted by Gasteiger charge is -2.31. The zero-order valence-electron chi connectivity index (χ0n) is 16.6. The second-order valence-electron chi connectivity index (χ2n) is 7.75. The Morgan fingerprint density at radius 2 is 1.77 bits per heavy atom. The smallest absolute Gasteiger partial charge is 0.251 e. The van der Waals surface area contributed by atoms with Gasteiger partial charge < -0.3 is 19.2 Å². The fourth-order valence-electron chi connectivity index (χ4n) is 3.96. The van der Waals surface area contributed by atoms with Gasteiger partial charge in [-0.05, 0) is 37.1 Å². The highest BCUT2D eigenvalue weighted by atomic mass is 16.7. The number of benzene rings is 2. The van der Waals surface area contributed by atoms with Crippen molar-refractivity contribution in [3.63, 3.8) is 0 Å². The van der Waals surface area contributed by atoms with Crippen molar-refractivity contribution in [2.75, 3.05) is 5.32 Å². The maximum Gasteiger partial charge on any atom is 0.251 e. The zero-order valence-corrected chi connectivity index (χ0v) is 16.6. The van der Waals surface area contributed by atoms with Crippen molar-refractivity contribution >= 4 is 11.6 Å². The summed E-state index contributed by atoms with van der Waals surface area (Å²) in [5.41, 5.74) is 1.54. The van der Waals surface area contributed by atoms with E-state index in [1.807, 2.05) is 48.5 Å². The number of hydrogen-bond acceptors (Lipinski definition) is 6. The Hall–Kier alpha value is -3.35. The van der Waals surface area contributed by atoms with Crippen molar-refractivity contribution in [2.45, 2.75) is 50.7 Å². The molecular weight excluding hydrogens is 382 g/mol. The molecule has 1 spiro atoms. The number of rotatable bonds is 5. The van der Waals surface area contributed by atoms with Crippen molar-refractivity contribution in [3.05, 3.63) is 54.4 Å². The van der Waals surface area contributed by atoms with Gasteiger partial charge in [-0.1, -0.05) is 24.6 Å². The van der Waals surface area contributed by atoms with Crippen LogP contribution in [0.3, 0.4) is 0 Å². The van der Waals surface area contributed by atoms with E-state index in [1.165, 1.54) is 6.42 Å². The second kappa shape index (κ2) is 7.82. The number of nitrogens with zero attached hydrogens (tertiary/aromatic N) is 2. The quantitative estimate of drug-likeness (QED) is 0.660. The number of carbonyl (C=O) groups excluding carboxylic acids is 1. The number of hydrogen-bond donors (Lipinski definition) is 1. The van der Waals surface area contributed by atoms with Crippen molar-refractivity contribution < 1.29 is 18.7 Å². The van der Waals surface area contributed by atoms with Crippen LogP contribution in [0.1, 0.15) is 44.4 Å². The molecule has 2 aliphatic rings. The maximum atomic E-state index is 12.4. The van der Waals surface area contributed by atoms with E-state index in [0.717, 1.165) is 37.0 Å². The molecule has 3 aromatic rings. The van der Waals surface area contributed by atoms with E-state index in [1.54, 1.807) is 0 Å². The van der Waals surface area contributed by atoms with Gasteiger partial charge in [-0.3, -0.25) is 4.79 Å². The first-order valence-corrected chi connectivity index (χ1v) is 10.4. The third-order valence-corrected chi connectivity index (χ3v) is 5.49. The number of amides is 1. The summed E-state index contributed by atoms with van der Waals surface area (Å²) in [5, 5.41) is 11.0. The average molecular weight is 405 g/mol. The number of nitrogens with one attached hydrogen (secondary N) is 1. The number of ether oxygens (including phenoxy) is 2. The van der Waals surface area contributed by atoms with E-state index in [-0.39, 0.29) is 12.3 Å². The van der Waals surface area contributed by atoms with Crippen LogP contribution in [0.2, 0.25) is 0 Å². The minimum Gasteiger partial charge on any atom is -0.448 e. The molecule has 7 nitrogen and oxygen atoms in total. The summed E-state index contributed by atoms with van der Waals surface area (Å²) in [6.45, 7) is 0. The molecule has 0 bridgehead atoms.